The van der Waals surface area contributed by atoms with Crippen LogP contribution in [0.4, 0.5) is 11.4 Å². The molecule has 6 nitrogen and oxygen atoms in total. The smallest absolute Gasteiger partial charge is 0.243 e. The second-order valence-corrected chi connectivity index (χ2v) is 8.91. The van der Waals surface area contributed by atoms with E-state index in [-0.39, 0.29) is 5.91 Å². The molecule has 0 saturated carbocycles. The van der Waals surface area contributed by atoms with Gasteiger partial charge in [-0.1, -0.05) is 29.8 Å². The van der Waals surface area contributed by atoms with Gasteiger partial charge in [-0.25, -0.2) is 8.42 Å². The highest BCUT2D eigenvalue weighted by Crippen LogP contribution is 2.23. The Morgan fingerprint density at radius 3 is 2.25 bits per heavy atom. The van der Waals surface area contributed by atoms with Crippen LogP contribution >= 0.6 is 11.6 Å². The topological polar surface area (TPSA) is 69.7 Å². The molecule has 0 heterocycles. The molecule has 2 rings (SSSR count). The van der Waals surface area contributed by atoms with E-state index in [9.17, 15) is 13.2 Å². The predicted octanol–water partition coefficient (Wildman–Crippen LogP) is 3.14. The van der Waals surface area contributed by atoms with Crippen LogP contribution in [-0.2, 0) is 14.8 Å². The van der Waals surface area contributed by atoms with Gasteiger partial charge in [0, 0.05) is 30.8 Å². The molecule has 0 aliphatic carbocycles. The summed E-state index contributed by atoms with van der Waals surface area (Å²) in [6.45, 7) is 2.80. The molecule has 152 valence electrons. The lowest BCUT2D eigenvalue weighted by Crippen LogP contribution is -2.48. The van der Waals surface area contributed by atoms with Crippen molar-refractivity contribution in [2.24, 2.45) is 0 Å². The Bertz CT molecular complexity index is 873. The van der Waals surface area contributed by atoms with Gasteiger partial charge in [0.15, 0.2) is 0 Å². The maximum Gasteiger partial charge on any atom is 0.243 e. The average molecular weight is 424 g/mol. The van der Waals surface area contributed by atoms with Gasteiger partial charge in [0.2, 0.25) is 15.9 Å². The number of amides is 1. The summed E-state index contributed by atoms with van der Waals surface area (Å²) in [5.74, 6) is -0.345. The summed E-state index contributed by atoms with van der Waals surface area (Å²) >= 11 is 5.88. The molecular formula is C20H26ClN3O3S. The number of benzene rings is 2. The number of carbonyl (C=O) groups is 1. The molecular weight excluding hydrogens is 398 g/mol. The number of sulfonamides is 1. The highest BCUT2D eigenvalue weighted by Gasteiger charge is 2.28. The third kappa shape index (κ3) is 6.14. The summed E-state index contributed by atoms with van der Waals surface area (Å²) in [6, 6.07) is 15.5. The number of hydrogen-bond donors (Lipinski definition) is 1. The molecule has 0 bridgehead atoms. The van der Waals surface area contributed by atoms with Crippen LogP contribution in [0.5, 0.6) is 0 Å². The third-order valence-corrected chi connectivity index (χ3v) is 5.83. The van der Waals surface area contributed by atoms with Crippen LogP contribution in [-0.4, -0.2) is 46.8 Å². The number of hydrogen-bond acceptors (Lipinski definition) is 4. The first kappa shape index (κ1) is 22.0. The molecule has 0 saturated heterocycles. The number of anilines is 2. The number of halogens is 1. The zero-order valence-electron chi connectivity index (χ0n) is 16.3. The molecule has 0 radical (unpaired) electrons. The van der Waals surface area contributed by atoms with E-state index in [1.54, 1.807) is 31.2 Å². The summed E-state index contributed by atoms with van der Waals surface area (Å²) in [7, 11) is -1.64. The monoisotopic (exact) mass is 423 g/mol. The Balaban J connectivity index is 1.93. The number of rotatable bonds is 9. The highest BCUT2D eigenvalue weighted by molar-refractivity contribution is 7.92. The SMILES string of the molecule is C[C@H](C(=O)NCCCN(C)c1ccccc1)N(c1ccc(Cl)cc1)S(C)(=O)=O. The van der Waals surface area contributed by atoms with Crippen molar-refractivity contribution in [1.82, 2.24) is 5.32 Å². The maximum atomic E-state index is 12.5. The van der Waals surface area contributed by atoms with Gasteiger partial charge in [-0.3, -0.25) is 9.10 Å². The van der Waals surface area contributed by atoms with Crippen molar-refractivity contribution in [2.45, 2.75) is 19.4 Å². The maximum absolute atomic E-state index is 12.5. The Morgan fingerprint density at radius 2 is 1.68 bits per heavy atom. The van der Waals surface area contributed by atoms with Crippen molar-refractivity contribution in [3.05, 3.63) is 59.6 Å². The van der Waals surface area contributed by atoms with Gasteiger partial charge in [0.25, 0.3) is 0 Å². The van der Waals surface area contributed by atoms with E-state index in [0.717, 1.165) is 29.2 Å². The fourth-order valence-corrected chi connectivity index (χ4v) is 4.18. The minimum atomic E-state index is -3.63. The molecule has 8 heteroatoms. The molecule has 28 heavy (non-hydrogen) atoms. The molecule has 2 aromatic carbocycles. The largest absolute Gasteiger partial charge is 0.375 e. The lowest BCUT2D eigenvalue weighted by atomic mass is 10.2. The van der Waals surface area contributed by atoms with Crippen LogP contribution in [0.2, 0.25) is 5.02 Å². The summed E-state index contributed by atoms with van der Waals surface area (Å²) in [5, 5.41) is 3.32. The zero-order valence-corrected chi connectivity index (χ0v) is 17.9. The normalized spacial score (nSPS) is 12.3. The van der Waals surface area contributed by atoms with Crippen molar-refractivity contribution in [3.8, 4) is 0 Å². The van der Waals surface area contributed by atoms with Crippen LogP contribution in [0.3, 0.4) is 0 Å². The fourth-order valence-electron chi connectivity index (χ4n) is 2.88. The van der Waals surface area contributed by atoms with E-state index < -0.39 is 16.1 Å². The van der Waals surface area contributed by atoms with Crippen molar-refractivity contribution >= 4 is 38.9 Å². The number of para-hydroxylation sites is 1. The van der Waals surface area contributed by atoms with Crippen LogP contribution < -0.4 is 14.5 Å². The lowest BCUT2D eigenvalue weighted by Gasteiger charge is -2.28. The van der Waals surface area contributed by atoms with Crippen molar-refractivity contribution in [2.75, 3.05) is 35.6 Å². The van der Waals surface area contributed by atoms with E-state index in [1.165, 1.54) is 0 Å². The first-order valence-electron chi connectivity index (χ1n) is 8.99. The van der Waals surface area contributed by atoms with Gasteiger partial charge in [0.05, 0.1) is 11.9 Å². The second-order valence-electron chi connectivity index (χ2n) is 6.61. The zero-order chi connectivity index (χ0) is 20.7. The number of nitrogens with one attached hydrogen (secondary N) is 1. The van der Waals surface area contributed by atoms with Gasteiger partial charge in [0.1, 0.15) is 6.04 Å². The second kappa shape index (κ2) is 9.80. The minimum absolute atomic E-state index is 0.345. The van der Waals surface area contributed by atoms with E-state index >= 15 is 0 Å². The molecule has 0 unspecified atom stereocenters. The van der Waals surface area contributed by atoms with Gasteiger partial charge < -0.3 is 10.2 Å². The quantitative estimate of drug-likeness (QED) is 0.629. The molecule has 0 aliphatic rings. The van der Waals surface area contributed by atoms with Crippen molar-refractivity contribution in [3.63, 3.8) is 0 Å². The van der Waals surface area contributed by atoms with E-state index in [1.807, 2.05) is 37.4 Å². The average Bonchev–Trinajstić information content (AvgIpc) is 2.66. The van der Waals surface area contributed by atoms with Crippen molar-refractivity contribution < 1.29 is 13.2 Å². The summed E-state index contributed by atoms with van der Waals surface area (Å²) in [5.41, 5.74) is 1.51. The molecule has 0 aliphatic heterocycles. The minimum Gasteiger partial charge on any atom is -0.375 e. The Kier molecular flexibility index (Phi) is 7.71. The van der Waals surface area contributed by atoms with Gasteiger partial charge in [-0.05, 0) is 49.7 Å². The van der Waals surface area contributed by atoms with Gasteiger partial charge in [-0.2, -0.15) is 0 Å². The summed E-state index contributed by atoms with van der Waals surface area (Å²) in [6.07, 6.45) is 1.82. The van der Waals surface area contributed by atoms with Crippen LogP contribution in [0.25, 0.3) is 0 Å². The molecule has 2 aromatic rings. The molecule has 0 fully saturated rings. The van der Waals surface area contributed by atoms with E-state index in [2.05, 4.69) is 10.2 Å². The molecule has 1 amide bonds. The van der Waals surface area contributed by atoms with E-state index in [4.69, 9.17) is 11.6 Å². The molecule has 0 aromatic heterocycles. The van der Waals surface area contributed by atoms with Crippen LogP contribution in [0.15, 0.2) is 54.6 Å². The van der Waals surface area contributed by atoms with Crippen molar-refractivity contribution in [1.29, 1.82) is 0 Å². The van der Waals surface area contributed by atoms with E-state index in [0.29, 0.717) is 17.3 Å². The third-order valence-electron chi connectivity index (χ3n) is 4.34. The predicted molar refractivity (Wildman–Crippen MR) is 116 cm³/mol. The standard InChI is InChI=1S/C20H26ClN3O3S/c1-16(24(28(3,26)27)19-12-10-17(21)11-13-19)20(25)22-14-7-15-23(2)18-8-5-4-6-9-18/h4-6,8-13,16H,7,14-15H2,1-3H3,(H,22,25)/t16-/m1/s1. The van der Waals surface area contributed by atoms with Gasteiger partial charge in [-0.15, -0.1) is 0 Å². The summed E-state index contributed by atoms with van der Waals surface area (Å²) in [4.78, 5) is 14.6. The Morgan fingerprint density at radius 1 is 1.07 bits per heavy atom. The molecule has 0 spiro atoms. The van der Waals surface area contributed by atoms with Gasteiger partial charge >= 0.3 is 0 Å². The Labute approximate surface area is 172 Å². The summed E-state index contributed by atoms with van der Waals surface area (Å²) < 4.78 is 25.6. The number of carbonyl (C=O) groups excluding carboxylic acids is 1. The first-order chi connectivity index (χ1) is 13.2. The first-order valence-corrected chi connectivity index (χ1v) is 11.2. The lowest BCUT2D eigenvalue weighted by molar-refractivity contribution is -0.121. The van der Waals surface area contributed by atoms with Crippen LogP contribution in [0.1, 0.15) is 13.3 Å². The Hall–Kier alpha value is -2.25. The molecule has 1 N–H and O–H groups in total. The van der Waals surface area contributed by atoms with Crippen LogP contribution in [0, 0.1) is 0 Å². The highest BCUT2D eigenvalue weighted by atomic mass is 35.5. The fraction of sp³-hybridized carbons (Fsp3) is 0.350. The number of nitrogens with zero attached hydrogens (tertiary/aromatic N) is 2. The molecule has 1 atom stereocenters.